The molecular weight excluding hydrogens is 643 g/mol. The molecule has 0 unspecified atom stereocenters. The molecule has 0 saturated heterocycles. The molecule has 0 fully saturated rings. The summed E-state index contributed by atoms with van der Waals surface area (Å²) in [6.45, 7) is 7.91. The molecule has 4 rings (SSSR count). The maximum absolute atomic E-state index is 13.2. The molecule has 2 heterocycles. The zero-order valence-electron chi connectivity index (χ0n) is 24.9. The van der Waals surface area contributed by atoms with Crippen molar-refractivity contribution in [1.82, 2.24) is 10.2 Å². The first-order valence-electron chi connectivity index (χ1n) is 14.4. The van der Waals surface area contributed by atoms with Gasteiger partial charge in [-0.05, 0) is 26.1 Å². The van der Waals surface area contributed by atoms with Crippen LogP contribution in [-0.4, -0.2) is 67.4 Å². The van der Waals surface area contributed by atoms with E-state index in [0.29, 0.717) is 39.6 Å². The molecule has 2 N–H and O–H groups in total. The predicted octanol–water partition coefficient (Wildman–Crippen LogP) is 6.30. The van der Waals surface area contributed by atoms with Gasteiger partial charge in [0.05, 0.1) is 0 Å². The van der Waals surface area contributed by atoms with Gasteiger partial charge in [0.25, 0.3) is 0 Å². The van der Waals surface area contributed by atoms with Crippen molar-refractivity contribution in [2.24, 2.45) is 4.99 Å². The number of fused-ring (bicyclic) bond motifs is 1. The van der Waals surface area contributed by atoms with E-state index in [1.165, 1.54) is 7.16 Å². The summed E-state index contributed by atoms with van der Waals surface area (Å²) in [5.41, 5.74) is 2.75. The molecule has 2 aliphatic heterocycles. The van der Waals surface area contributed by atoms with E-state index in [-0.39, 0.29) is 11.8 Å². The van der Waals surface area contributed by atoms with Crippen LogP contribution in [-0.2, 0) is 4.79 Å². The zero-order valence-corrected chi connectivity index (χ0v) is 27.1. The first-order valence-corrected chi connectivity index (χ1v) is 18.1. The molecule has 8 nitrogen and oxygen atoms in total. The summed E-state index contributed by atoms with van der Waals surface area (Å²) in [6.07, 6.45) is 11.2. The van der Waals surface area contributed by atoms with Crippen LogP contribution < -0.4 is 20.1 Å². The molecule has 2 aromatic carbocycles. The van der Waals surface area contributed by atoms with Gasteiger partial charge in [0.2, 0.25) is 0 Å². The summed E-state index contributed by atoms with van der Waals surface area (Å²) < 4.78 is 14.2. The molecule has 224 valence electrons. The number of amides is 2. The Balaban J connectivity index is 1.39. The van der Waals surface area contributed by atoms with Gasteiger partial charge in [-0.25, -0.2) is 0 Å². The molecule has 0 saturated carbocycles. The Morgan fingerprint density at radius 2 is 1.76 bits per heavy atom. The molecule has 0 radical (unpaired) electrons. The first-order chi connectivity index (χ1) is 20.5. The van der Waals surface area contributed by atoms with Crippen LogP contribution in [0.2, 0.25) is 0 Å². The van der Waals surface area contributed by atoms with Gasteiger partial charge in [-0.3, -0.25) is 0 Å². The number of carbonyl (C=O) groups excluding carboxylic acids is 2. The van der Waals surface area contributed by atoms with Crippen molar-refractivity contribution in [3.8, 4) is 11.5 Å². The van der Waals surface area contributed by atoms with Gasteiger partial charge in [0.15, 0.2) is 0 Å². The number of anilines is 1. The Morgan fingerprint density at radius 3 is 2.48 bits per heavy atom. The maximum atomic E-state index is 13.2. The molecule has 0 aromatic heterocycles. The second-order valence-electron chi connectivity index (χ2n) is 9.83. The second kappa shape index (κ2) is 15.7. The Hall–Kier alpha value is -3.44. The summed E-state index contributed by atoms with van der Waals surface area (Å²) in [4.78, 5) is 32.8. The molecule has 0 spiro atoms. The zero-order chi connectivity index (χ0) is 29.9. The molecule has 2 amide bonds. The Labute approximate surface area is 256 Å². The number of carbonyl (C=O) groups is 2. The van der Waals surface area contributed by atoms with Gasteiger partial charge < -0.3 is 4.90 Å². The number of methoxy groups -OCH3 is 2. The van der Waals surface area contributed by atoms with Gasteiger partial charge in [-0.1, -0.05) is 13.8 Å². The summed E-state index contributed by atoms with van der Waals surface area (Å²) >= 11 is -1.87. The predicted molar refractivity (Wildman–Crippen MR) is 180 cm³/mol. The van der Waals surface area contributed by atoms with Gasteiger partial charge in [0, 0.05) is 0 Å². The number of ether oxygens (including phenoxy) is 2. The fourth-order valence-electron chi connectivity index (χ4n) is 4.78. The van der Waals surface area contributed by atoms with E-state index in [9.17, 15) is 9.59 Å². The molecule has 9 heteroatoms. The number of hydrogen-bond acceptors (Lipinski definition) is 6. The number of hydrogen-bond donors (Lipinski definition) is 2. The van der Waals surface area contributed by atoms with E-state index in [4.69, 9.17) is 14.5 Å². The number of nitrogens with zero attached hydrogens (tertiary/aromatic N) is 2. The molecule has 0 atom stereocenters. The van der Waals surface area contributed by atoms with E-state index >= 15 is 0 Å². The number of halogens is 1. The van der Waals surface area contributed by atoms with Crippen molar-refractivity contribution in [1.29, 1.82) is 0 Å². The van der Waals surface area contributed by atoms with Crippen molar-refractivity contribution >= 4 is 46.6 Å². The fraction of sp³-hybridized carbons (Fsp3) is 0.364. The van der Waals surface area contributed by atoms with Crippen LogP contribution in [0.5, 0.6) is 11.5 Å². The van der Waals surface area contributed by atoms with E-state index in [0.717, 1.165) is 44.5 Å². The topological polar surface area (TPSA) is 92.3 Å². The quantitative estimate of drug-likeness (QED) is 0.119. The normalized spacial score (nSPS) is 17.5. The third-order valence-electron chi connectivity index (χ3n) is 7.24. The van der Waals surface area contributed by atoms with Crippen molar-refractivity contribution in [3.05, 3.63) is 81.5 Å². The minimum atomic E-state index is -1.87. The molecular formula is C33H41IN4O4. The van der Waals surface area contributed by atoms with Gasteiger partial charge in [-0.2, -0.15) is 0 Å². The van der Waals surface area contributed by atoms with Crippen molar-refractivity contribution < 1.29 is 19.1 Å². The number of benzene rings is 2. The van der Waals surface area contributed by atoms with Crippen LogP contribution in [0.15, 0.2) is 75.3 Å². The standard InChI is InChI=1S/C33H41IN4O4/c1-5-38(6-2)20-10-19-35-32(39)24-13-16-27(17-14-24)37-33(40)29-22-26-11-8-7-9-12-28(34(26)23-36-29)25-15-18-30(41-3)31(21-25)42-4/h7,9,12-18,21-22H,5-6,8,10-11,19-20,23H2,1-4H3,(H,35,39)(H,37,40)/b9-7-,28-12-. The van der Waals surface area contributed by atoms with E-state index in [1.807, 2.05) is 18.2 Å². The molecule has 0 bridgehead atoms. The molecule has 42 heavy (non-hydrogen) atoms. The molecule has 0 aliphatic carbocycles. The van der Waals surface area contributed by atoms with Crippen molar-refractivity contribution in [3.63, 3.8) is 0 Å². The van der Waals surface area contributed by atoms with Crippen molar-refractivity contribution in [2.75, 3.05) is 50.3 Å². The molecule has 2 aromatic rings. The summed E-state index contributed by atoms with van der Waals surface area (Å²) in [7, 11) is 3.28. The average Bonchev–Trinajstić information content (AvgIpc) is 3.01. The monoisotopic (exact) mass is 684 g/mol. The van der Waals surface area contributed by atoms with E-state index < -0.39 is 19.8 Å². The average molecular weight is 685 g/mol. The number of nitrogens with one attached hydrogen (secondary N) is 2. The van der Waals surface area contributed by atoms with Crippen LogP contribution >= 0.6 is 19.8 Å². The fourth-order valence-corrected chi connectivity index (χ4v) is 10.4. The second-order valence-corrected chi connectivity index (χ2v) is 15.1. The molecule has 2 aliphatic rings. The van der Waals surface area contributed by atoms with Gasteiger partial charge >= 0.3 is 212 Å². The Morgan fingerprint density at radius 1 is 1.00 bits per heavy atom. The number of alkyl halides is 1. The Bertz CT molecular complexity index is 1380. The van der Waals surface area contributed by atoms with Crippen LogP contribution in [0.25, 0.3) is 3.58 Å². The number of aliphatic imine (C=N–C) groups is 1. The first kappa shape index (κ1) is 31.5. The summed E-state index contributed by atoms with van der Waals surface area (Å²) in [6, 6.07) is 13.0. The van der Waals surface area contributed by atoms with Gasteiger partial charge in [-0.15, -0.1) is 0 Å². The SMILES string of the molecule is CCN(CC)CCCNC(=O)c1ccc(NC(=O)C2=NCI3C(=C2)CC/C=C\C=C/3c2ccc(OC)c(OC)c2)cc1. The van der Waals surface area contributed by atoms with Crippen LogP contribution in [0.1, 0.15) is 49.0 Å². The number of allylic oxidation sites excluding steroid dienone is 4. The third-order valence-corrected chi connectivity index (χ3v) is 13.2. The van der Waals surface area contributed by atoms with Crippen LogP contribution in [0.4, 0.5) is 5.69 Å². The van der Waals surface area contributed by atoms with Crippen LogP contribution in [0.3, 0.4) is 0 Å². The summed E-state index contributed by atoms with van der Waals surface area (Å²) in [5.74, 6) is 1.05. The van der Waals surface area contributed by atoms with E-state index in [2.05, 4.69) is 53.7 Å². The third kappa shape index (κ3) is 8.10. The minimum absolute atomic E-state index is 0.109. The van der Waals surface area contributed by atoms with Crippen LogP contribution in [0, 0.1) is 0 Å². The van der Waals surface area contributed by atoms with Gasteiger partial charge in [0.1, 0.15) is 0 Å². The van der Waals surface area contributed by atoms with Crippen molar-refractivity contribution in [2.45, 2.75) is 33.1 Å². The Kier molecular flexibility index (Phi) is 11.8. The number of rotatable bonds is 12. The van der Waals surface area contributed by atoms with E-state index in [1.54, 1.807) is 38.5 Å². The summed E-state index contributed by atoms with van der Waals surface area (Å²) in [5, 5.41) is 5.94.